The van der Waals surface area contributed by atoms with Crippen LogP contribution >= 0.6 is 0 Å². The number of rotatable bonds is 3. The molecule has 5 heteroatoms. The van der Waals surface area contributed by atoms with Gasteiger partial charge in [-0.2, -0.15) is 5.26 Å². The van der Waals surface area contributed by atoms with Gasteiger partial charge in [-0.3, -0.25) is 14.2 Å². The fraction of sp³-hybridized carbons (Fsp3) is 0.292. The van der Waals surface area contributed by atoms with Crippen LogP contribution in [-0.4, -0.2) is 15.5 Å². The molecule has 0 spiro atoms. The van der Waals surface area contributed by atoms with E-state index in [1.54, 1.807) is 19.1 Å². The summed E-state index contributed by atoms with van der Waals surface area (Å²) < 4.78 is 1.28. The first-order valence-electron chi connectivity index (χ1n) is 9.95. The fourth-order valence-electron chi connectivity index (χ4n) is 4.43. The number of benzene rings is 2. The van der Waals surface area contributed by atoms with Crippen LogP contribution in [0.3, 0.4) is 0 Å². The summed E-state index contributed by atoms with van der Waals surface area (Å²) in [5, 5.41) is 22.3. The molecule has 0 aliphatic heterocycles. The molecule has 0 unspecified atom stereocenters. The van der Waals surface area contributed by atoms with Gasteiger partial charge in [-0.15, -0.1) is 0 Å². The molecule has 5 nitrogen and oxygen atoms in total. The first kappa shape index (κ1) is 18.9. The minimum Gasteiger partial charge on any atom is -0.494 e. The Hall–Kier alpha value is -3.39. The number of aromatic hydroxyl groups is 1. The van der Waals surface area contributed by atoms with Crippen molar-refractivity contribution in [3.8, 4) is 11.9 Å². The molecule has 4 rings (SSSR count). The molecular formula is C24H22N2O3. The van der Waals surface area contributed by atoms with E-state index in [1.807, 2.05) is 36.4 Å². The van der Waals surface area contributed by atoms with Gasteiger partial charge in [-0.25, -0.2) is 0 Å². The smallest absolute Gasteiger partial charge is 0.271 e. The number of pyridine rings is 1. The van der Waals surface area contributed by atoms with Crippen molar-refractivity contribution in [3.05, 3.63) is 75.1 Å². The van der Waals surface area contributed by atoms with E-state index in [1.165, 1.54) is 4.57 Å². The zero-order valence-corrected chi connectivity index (χ0v) is 16.3. The van der Waals surface area contributed by atoms with Crippen LogP contribution in [0.2, 0.25) is 0 Å². The molecule has 146 valence electrons. The van der Waals surface area contributed by atoms with E-state index in [2.05, 4.69) is 0 Å². The van der Waals surface area contributed by atoms with Gasteiger partial charge in [0, 0.05) is 11.6 Å². The lowest BCUT2D eigenvalue weighted by Crippen LogP contribution is -2.31. The molecule has 2 aromatic carbocycles. The van der Waals surface area contributed by atoms with Gasteiger partial charge < -0.3 is 5.11 Å². The monoisotopic (exact) mass is 386 g/mol. The maximum atomic E-state index is 13.5. The summed E-state index contributed by atoms with van der Waals surface area (Å²) in [6, 6.07) is 14.7. The van der Waals surface area contributed by atoms with E-state index in [-0.39, 0.29) is 34.4 Å². The molecule has 0 radical (unpaired) electrons. The predicted octanol–water partition coefficient (Wildman–Crippen LogP) is 4.62. The van der Waals surface area contributed by atoms with E-state index in [4.69, 9.17) is 0 Å². The SMILES string of the molecule is Cc1c(C(=O)c2cccc3ccccc23)c(O)n(C2CCCCC2)c(=O)c1C#N. The van der Waals surface area contributed by atoms with Gasteiger partial charge in [-0.05, 0) is 36.1 Å². The first-order chi connectivity index (χ1) is 14.0. The Labute approximate surface area is 168 Å². The fourth-order valence-corrected chi connectivity index (χ4v) is 4.43. The second-order valence-corrected chi connectivity index (χ2v) is 7.63. The lowest BCUT2D eigenvalue weighted by atomic mass is 9.91. The lowest BCUT2D eigenvalue weighted by Gasteiger charge is -2.26. The average molecular weight is 386 g/mol. The van der Waals surface area contributed by atoms with Crippen LogP contribution in [0.4, 0.5) is 0 Å². The van der Waals surface area contributed by atoms with Crippen LogP contribution in [0.5, 0.6) is 5.88 Å². The first-order valence-corrected chi connectivity index (χ1v) is 9.95. The highest BCUT2D eigenvalue weighted by Crippen LogP contribution is 2.34. The third-order valence-corrected chi connectivity index (χ3v) is 5.95. The predicted molar refractivity (Wildman–Crippen MR) is 111 cm³/mol. The number of ketones is 1. The molecule has 1 saturated carbocycles. The zero-order valence-electron chi connectivity index (χ0n) is 16.3. The highest BCUT2D eigenvalue weighted by molar-refractivity contribution is 6.18. The number of carbonyl (C=O) groups excluding carboxylic acids is 1. The summed E-state index contributed by atoms with van der Waals surface area (Å²) in [6.07, 6.45) is 4.51. The standard InChI is InChI=1S/C24H22N2O3/c1-15-20(14-25)23(28)26(17-10-3-2-4-11-17)24(29)21(15)22(27)19-13-7-9-16-8-5-6-12-18(16)19/h5-9,12-13,17,29H,2-4,10-11H2,1H3. The van der Waals surface area contributed by atoms with Crippen molar-refractivity contribution in [2.75, 3.05) is 0 Å². The van der Waals surface area contributed by atoms with Crippen molar-refractivity contribution in [2.24, 2.45) is 0 Å². The molecule has 0 bridgehead atoms. The van der Waals surface area contributed by atoms with Crippen molar-refractivity contribution in [1.29, 1.82) is 5.26 Å². The molecule has 1 aromatic heterocycles. The van der Waals surface area contributed by atoms with Crippen molar-refractivity contribution in [3.63, 3.8) is 0 Å². The Bertz CT molecular complexity index is 1210. The largest absolute Gasteiger partial charge is 0.494 e. The van der Waals surface area contributed by atoms with Gasteiger partial charge in [0.2, 0.25) is 5.88 Å². The maximum Gasteiger partial charge on any atom is 0.271 e. The van der Waals surface area contributed by atoms with Crippen LogP contribution in [0.1, 0.15) is 65.2 Å². The molecule has 29 heavy (non-hydrogen) atoms. The van der Waals surface area contributed by atoms with Crippen LogP contribution in [-0.2, 0) is 0 Å². The van der Waals surface area contributed by atoms with Gasteiger partial charge in [0.1, 0.15) is 11.6 Å². The van der Waals surface area contributed by atoms with E-state index >= 15 is 0 Å². The molecule has 1 N–H and O–H groups in total. The Morgan fingerprint density at radius 2 is 1.79 bits per heavy atom. The number of aromatic nitrogens is 1. The molecular weight excluding hydrogens is 364 g/mol. The number of nitriles is 1. The van der Waals surface area contributed by atoms with Gasteiger partial charge >= 0.3 is 0 Å². The summed E-state index contributed by atoms with van der Waals surface area (Å²) in [5.41, 5.74) is 0.142. The van der Waals surface area contributed by atoms with Gasteiger partial charge in [0.25, 0.3) is 5.56 Å². The molecule has 0 amide bonds. The number of hydrogen-bond acceptors (Lipinski definition) is 4. The second-order valence-electron chi connectivity index (χ2n) is 7.63. The highest BCUT2D eigenvalue weighted by Gasteiger charge is 2.29. The molecule has 0 atom stereocenters. The minimum atomic E-state index is -0.510. The third-order valence-electron chi connectivity index (χ3n) is 5.95. The van der Waals surface area contributed by atoms with Gasteiger partial charge in [0.15, 0.2) is 5.78 Å². The zero-order chi connectivity index (χ0) is 20.5. The van der Waals surface area contributed by atoms with E-state index in [0.29, 0.717) is 5.56 Å². The summed E-state index contributed by atoms with van der Waals surface area (Å²) in [4.78, 5) is 26.5. The van der Waals surface area contributed by atoms with E-state index in [0.717, 1.165) is 42.9 Å². The number of nitrogens with zero attached hydrogens (tertiary/aromatic N) is 2. The molecule has 0 saturated heterocycles. The van der Waals surface area contributed by atoms with Crippen molar-refractivity contribution in [2.45, 2.75) is 45.1 Å². The Kier molecular flexibility index (Phi) is 4.94. The average Bonchev–Trinajstić information content (AvgIpc) is 2.74. The third kappa shape index (κ3) is 3.11. The number of hydrogen-bond donors (Lipinski definition) is 1. The van der Waals surface area contributed by atoms with Gasteiger partial charge in [0.05, 0.1) is 5.56 Å². The minimum absolute atomic E-state index is 0.0445. The topological polar surface area (TPSA) is 83.1 Å². The quantitative estimate of drug-likeness (QED) is 0.666. The normalized spacial score (nSPS) is 14.6. The molecule has 1 fully saturated rings. The van der Waals surface area contributed by atoms with Crippen molar-refractivity contribution >= 4 is 16.6 Å². The highest BCUT2D eigenvalue weighted by atomic mass is 16.3. The van der Waals surface area contributed by atoms with Crippen LogP contribution in [0.15, 0.2) is 47.3 Å². The lowest BCUT2D eigenvalue weighted by molar-refractivity contribution is 0.103. The van der Waals surface area contributed by atoms with E-state index < -0.39 is 5.56 Å². The van der Waals surface area contributed by atoms with Crippen molar-refractivity contribution < 1.29 is 9.90 Å². The molecule has 1 aliphatic carbocycles. The number of fused-ring (bicyclic) bond motifs is 1. The van der Waals surface area contributed by atoms with E-state index in [9.17, 15) is 20.0 Å². The summed E-state index contributed by atoms with van der Waals surface area (Å²) in [6.45, 7) is 1.56. The van der Waals surface area contributed by atoms with Crippen molar-refractivity contribution in [1.82, 2.24) is 4.57 Å². The summed E-state index contributed by atoms with van der Waals surface area (Å²) in [7, 11) is 0. The Balaban J connectivity index is 1.97. The van der Waals surface area contributed by atoms with Crippen LogP contribution < -0.4 is 5.56 Å². The molecule has 1 aliphatic rings. The number of carbonyl (C=O) groups is 1. The summed E-state index contributed by atoms with van der Waals surface area (Å²) in [5.74, 6) is -0.700. The summed E-state index contributed by atoms with van der Waals surface area (Å²) >= 11 is 0. The van der Waals surface area contributed by atoms with Gasteiger partial charge in [-0.1, -0.05) is 61.7 Å². The van der Waals surface area contributed by atoms with Crippen LogP contribution in [0, 0.1) is 18.3 Å². The molecule has 3 aromatic rings. The second kappa shape index (κ2) is 7.56. The van der Waals surface area contributed by atoms with Crippen LogP contribution in [0.25, 0.3) is 10.8 Å². The Morgan fingerprint density at radius 1 is 1.10 bits per heavy atom. The Morgan fingerprint density at radius 3 is 2.52 bits per heavy atom. The maximum absolute atomic E-state index is 13.5. The molecule has 1 heterocycles.